The first-order valence-corrected chi connectivity index (χ1v) is 11.4. The molecular formula is C25H30N6O4. The van der Waals surface area contributed by atoms with E-state index in [1.54, 1.807) is 6.07 Å². The Bertz CT molecular complexity index is 1250. The van der Waals surface area contributed by atoms with Crippen LogP contribution in [0.2, 0.25) is 0 Å². The van der Waals surface area contributed by atoms with E-state index in [0.29, 0.717) is 30.4 Å². The standard InChI is InChI=1S/C25H30N6O4/c26-25(27)29-12-6-2-5-11-28-24(35)20(13-16-7-3-1-4-8-16)31-23(34)17-9-10-19-18(14-17)21(32)15-22(33)30-19/h1,3-4,7-10,14-15,20H,2,5-6,11-13H2,(H,28,35)(H,31,34)(H4,26,27,29)(H2,30,32,33)/t20-/m0/s1. The number of aromatic amines is 1. The Hall–Kier alpha value is -4.34. The number of aromatic hydroxyl groups is 1. The minimum absolute atomic E-state index is 0.0627. The van der Waals surface area contributed by atoms with Crippen molar-refractivity contribution >= 4 is 28.7 Å². The first-order valence-electron chi connectivity index (χ1n) is 11.4. The second-order valence-corrected chi connectivity index (χ2v) is 8.15. The Morgan fingerprint density at radius 2 is 1.80 bits per heavy atom. The molecule has 184 valence electrons. The molecule has 0 saturated carbocycles. The molecule has 0 saturated heterocycles. The number of nitrogens with zero attached hydrogens (tertiary/aromatic N) is 1. The second kappa shape index (κ2) is 12.2. The molecule has 1 atom stereocenters. The van der Waals surface area contributed by atoms with Gasteiger partial charge in [-0.1, -0.05) is 30.3 Å². The monoisotopic (exact) mass is 478 g/mol. The summed E-state index contributed by atoms with van der Waals surface area (Å²) in [4.78, 5) is 44.0. The predicted molar refractivity (Wildman–Crippen MR) is 135 cm³/mol. The van der Waals surface area contributed by atoms with Gasteiger partial charge < -0.3 is 32.2 Å². The van der Waals surface area contributed by atoms with Crippen molar-refractivity contribution < 1.29 is 14.7 Å². The molecule has 10 nitrogen and oxygen atoms in total. The number of hydrogen-bond donors (Lipinski definition) is 6. The van der Waals surface area contributed by atoms with Crippen LogP contribution in [-0.4, -0.2) is 47.0 Å². The molecule has 0 aliphatic heterocycles. The summed E-state index contributed by atoms with van der Waals surface area (Å²) in [5.74, 6) is -0.922. The van der Waals surface area contributed by atoms with Crippen molar-refractivity contribution in [2.45, 2.75) is 31.7 Å². The Labute approximate surface area is 202 Å². The van der Waals surface area contributed by atoms with Crippen LogP contribution in [-0.2, 0) is 11.2 Å². The van der Waals surface area contributed by atoms with Crippen molar-refractivity contribution in [1.29, 1.82) is 0 Å². The second-order valence-electron chi connectivity index (χ2n) is 8.15. The number of nitrogens with one attached hydrogen (secondary N) is 3. The van der Waals surface area contributed by atoms with Gasteiger partial charge in [0.1, 0.15) is 11.8 Å². The molecule has 8 N–H and O–H groups in total. The SMILES string of the molecule is NC(N)=NCCCCCNC(=O)[C@H](Cc1ccccc1)NC(=O)c1ccc2[nH]c(=O)cc(O)c2c1. The lowest BCUT2D eigenvalue weighted by Gasteiger charge is -2.19. The third-order valence-electron chi connectivity index (χ3n) is 5.42. The first kappa shape index (κ1) is 25.3. The number of hydrogen-bond acceptors (Lipinski definition) is 5. The summed E-state index contributed by atoms with van der Waals surface area (Å²) in [5.41, 5.74) is 11.7. The summed E-state index contributed by atoms with van der Waals surface area (Å²) in [6.07, 6.45) is 2.71. The van der Waals surface area contributed by atoms with Crippen LogP contribution in [0.25, 0.3) is 10.9 Å². The zero-order chi connectivity index (χ0) is 25.2. The quantitative estimate of drug-likeness (QED) is 0.137. The number of carbonyl (C=O) groups is 2. The third-order valence-corrected chi connectivity index (χ3v) is 5.42. The number of rotatable bonds is 11. The van der Waals surface area contributed by atoms with Crippen LogP contribution in [0.1, 0.15) is 35.2 Å². The van der Waals surface area contributed by atoms with Crippen molar-refractivity contribution in [3.8, 4) is 5.75 Å². The zero-order valence-corrected chi connectivity index (χ0v) is 19.3. The van der Waals surface area contributed by atoms with Crippen molar-refractivity contribution in [3.63, 3.8) is 0 Å². The number of H-pyrrole nitrogens is 1. The van der Waals surface area contributed by atoms with E-state index < -0.39 is 17.5 Å². The molecule has 0 radical (unpaired) electrons. The highest BCUT2D eigenvalue weighted by Crippen LogP contribution is 2.22. The van der Waals surface area contributed by atoms with Crippen molar-refractivity contribution in [3.05, 3.63) is 76.1 Å². The Morgan fingerprint density at radius 3 is 2.54 bits per heavy atom. The van der Waals surface area contributed by atoms with Gasteiger partial charge in [0.15, 0.2) is 5.96 Å². The van der Waals surface area contributed by atoms with Gasteiger partial charge in [-0.05, 0) is 43.0 Å². The van der Waals surface area contributed by atoms with Gasteiger partial charge in [-0.3, -0.25) is 19.4 Å². The van der Waals surface area contributed by atoms with Crippen LogP contribution in [0.3, 0.4) is 0 Å². The topological polar surface area (TPSA) is 176 Å². The van der Waals surface area contributed by atoms with Crippen LogP contribution in [0, 0.1) is 0 Å². The fourth-order valence-corrected chi connectivity index (χ4v) is 3.63. The Morgan fingerprint density at radius 1 is 1.03 bits per heavy atom. The molecule has 35 heavy (non-hydrogen) atoms. The van der Waals surface area contributed by atoms with Crippen molar-refractivity contribution in [2.24, 2.45) is 16.5 Å². The number of aliphatic imine (C=N–C) groups is 1. The van der Waals surface area contributed by atoms with Crippen LogP contribution < -0.4 is 27.7 Å². The van der Waals surface area contributed by atoms with Crippen LogP contribution in [0.4, 0.5) is 0 Å². The number of carbonyl (C=O) groups excluding carboxylic acids is 2. The average molecular weight is 479 g/mol. The Kier molecular flexibility index (Phi) is 8.82. The molecule has 0 fully saturated rings. The molecule has 3 rings (SSSR count). The lowest BCUT2D eigenvalue weighted by atomic mass is 10.0. The molecular weight excluding hydrogens is 448 g/mol. The number of amides is 2. The van der Waals surface area contributed by atoms with Crippen LogP contribution in [0.15, 0.2) is 64.4 Å². The number of fused-ring (bicyclic) bond motifs is 1. The molecule has 10 heteroatoms. The maximum absolute atomic E-state index is 13.0. The molecule has 0 unspecified atom stereocenters. The number of pyridine rings is 1. The molecule has 2 aromatic carbocycles. The van der Waals surface area contributed by atoms with Crippen molar-refractivity contribution in [2.75, 3.05) is 13.1 Å². The summed E-state index contributed by atoms with van der Waals surface area (Å²) >= 11 is 0. The van der Waals surface area contributed by atoms with E-state index in [2.05, 4.69) is 20.6 Å². The molecule has 0 bridgehead atoms. The summed E-state index contributed by atoms with van der Waals surface area (Å²) in [5, 5.41) is 16.1. The normalized spacial score (nSPS) is 11.5. The number of aromatic nitrogens is 1. The molecule has 0 aliphatic carbocycles. The van der Waals surface area contributed by atoms with E-state index in [0.717, 1.165) is 30.9 Å². The van der Waals surface area contributed by atoms with E-state index in [-0.39, 0.29) is 23.2 Å². The maximum atomic E-state index is 13.0. The summed E-state index contributed by atoms with van der Waals surface area (Å²) in [6.45, 7) is 0.997. The Balaban J connectivity index is 1.66. The molecule has 1 heterocycles. The van der Waals surface area contributed by atoms with Gasteiger partial charge in [0.25, 0.3) is 11.5 Å². The molecule has 3 aromatic rings. The summed E-state index contributed by atoms with van der Waals surface area (Å²) in [6, 6.07) is 14.2. The van der Waals surface area contributed by atoms with Gasteiger partial charge in [0.2, 0.25) is 5.91 Å². The van der Waals surface area contributed by atoms with Gasteiger partial charge in [-0.2, -0.15) is 0 Å². The molecule has 1 aromatic heterocycles. The zero-order valence-electron chi connectivity index (χ0n) is 19.3. The minimum atomic E-state index is -0.800. The van der Waals surface area contributed by atoms with Gasteiger partial charge in [-0.25, -0.2) is 0 Å². The highest BCUT2D eigenvalue weighted by Gasteiger charge is 2.22. The fourth-order valence-electron chi connectivity index (χ4n) is 3.63. The van der Waals surface area contributed by atoms with E-state index in [1.165, 1.54) is 12.1 Å². The van der Waals surface area contributed by atoms with Crippen LogP contribution in [0.5, 0.6) is 5.75 Å². The number of benzene rings is 2. The number of guanidine groups is 1. The van der Waals surface area contributed by atoms with Gasteiger partial charge >= 0.3 is 0 Å². The highest BCUT2D eigenvalue weighted by molar-refractivity contribution is 6.01. The molecule has 0 spiro atoms. The predicted octanol–water partition coefficient (Wildman–Crippen LogP) is 1.13. The third kappa shape index (κ3) is 7.60. The van der Waals surface area contributed by atoms with Crippen molar-refractivity contribution in [1.82, 2.24) is 15.6 Å². The minimum Gasteiger partial charge on any atom is -0.507 e. The van der Waals surface area contributed by atoms with Gasteiger partial charge in [0.05, 0.1) is 5.52 Å². The summed E-state index contributed by atoms with van der Waals surface area (Å²) in [7, 11) is 0. The smallest absolute Gasteiger partial charge is 0.252 e. The largest absolute Gasteiger partial charge is 0.507 e. The van der Waals surface area contributed by atoms with E-state index in [9.17, 15) is 19.5 Å². The van der Waals surface area contributed by atoms with Gasteiger partial charge in [-0.15, -0.1) is 0 Å². The van der Waals surface area contributed by atoms with Crippen LogP contribution >= 0.6 is 0 Å². The first-order chi connectivity index (χ1) is 16.8. The number of nitrogens with two attached hydrogens (primary N) is 2. The lowest BCUT2D eigenvalue weighted by Crippen LogP contribution is -2.48. The maximum Gasteiger partial charge on any atom is 0.252 e. The number of unbranched alkanes of at least 4 members (excludes halogenated alkanes) is 2. The summed E-state index contributed by atoms with van der Waals surface area (Å²) < 4.78 is 0. The van der Waals surface area contributed by atoms with Gasteiger partial charge in [0, 0.05) is 36.5 Å². The fraction of sp³-hybridized carbons (Fsp3) is 0.280. The van der Waals surface area contributed by atoms with E-state index >= 15 is 0 Å². The highest BCUT2D eigenvalue weighted by atomic mass is 16.3. The average Bonchev–Trinajstić information content (AvgIpc) is 2.83. The lowest BCUT2D eigenvalue weighted by molar-refractivity contribution is -0.122. The molecule has 2 amide bonds. The van der Waals surface area contributed by atoms with E-state index in [1.807, 2.05) is 30.3 Å². The van der Waals surface area contributed by atoms with E-state index in [4.69, 9.17) is 11.5 Å². The molecule has 0 aliphatic rings.